The monoisotopic (exact) mass is 292 g/mol. The number of benzene rings is 2. The minimum atomic E-state index is -0.0265. The van der Waals surface area contributed by atoms with E-state index in [2.05, 4.69) is 42.3 Å². The van der Waals surface area contributed by atoms with Crippen molar-refractivity contribution in [1.82, 2.24) is 4.98 Å². The van der Waals surface area contributed by atoms with Gasteiger partial charge in [-0.15, -0.1) is 0 Å². The molecule has 0 saturated heterocycles. The van der Waals surface area contributed by atoms with Crippen LogP contribution in [0, 0.1) is 20.8 Å². The third-order valence-electron chi connectivity index (χ3n) is 4.02. The first-order valence-electron chi connectivity index (χ1n) is 7.47. The summed E-state index contributed by atoms with van der Waals surface area (Å²) >= 11 is 0. The summed E-state index contributed by atoms with van der Waals surface area (Å²) in [7, 11) is 0. The molecule has 0 aliphatic carbocycles. The molecule has 1 aromatic heterocycles. The summed E-state index contributed by atoms with van der Waals surface area (Å²) in [6.45, 7) is 6.66. The van der Waals surface area contributed by atoms with Crippen molar-refractivity contribution in [2.45, 2.75) is 27.3 Å². The van der Waals surface area contributed by atoms with Gasteiger partial charge in [0.05, 0.1) is 5.52 Å². The van der Waals surface area contributed by atoms with Crippen molar-refractivity contribution in [1.29, 1.82) is 0 Å². The van der Waals surface area contributed by atoms with Crippen LogP contribution < -0.4 is 10.9 Å². The lowest BCUT2D eigenvalue weighted by molar-refractivity contribution is 1.09. The van der Waals surface area contributed by atoms with Crippen molar-refractivity contribution in [2.24, 2.45) is 0 Å². The Labute approximate surface area is 130 Å². The SMILES string of the molecule is Cc1cccc(NCc2cc3c(C)ccc(C)c3[nH]c2=O)c1. The summed E-state index contributed by atoms with van der Waals surface area (Å²) in [6.07, 6.45) is 0. The van der Waals surface area contributed by atoms with Gasteiger partial charge in [-0.1, -0.05) is 24.3 Å². The van der Waals surface area contributed by atoms with Crippen LogP contribution in [-0.4, -0.2) is 4.98 Å². The maximum atomic E-state index is 12.3. The average Bonchev–Trinajstić information content (AvgIpc) is 2.50. The van der Waals surface area contributed by atoms with E-state index in [-0.39, 0.29) is 5.56 Å². The molecule has 3 aromatic rings. The van der Waals surface area contributed by atoms with Gasteiger partial charge in [-0.25, -0.2) is 0 Å². The number of aromatic nitrogens is 1. The highest BCUT2D eigenvalue weighted by atomic mass is 16.1. The topological polar surface area (TPSA) is 44.9 Å². The van der Waals surface area contributed by atoms with Gasteiger partial charge < -0.3 is 10.3 Å². The lowest BCUT2D eigenvalue weighted by Crippen LogP contribution is -2.16. The molecule has 3 rings (SSSR count). The molecule has 3 heteroatoms. The number of aryl methyl sites for hydroxylation is 3. The van der Waals surface area contributed by atoms with Crippen molar-refractivity contribution in [3.63, 3.8) is 0 Å². The van der Waals surface area contributed by atoms with E-state index < -0.39 is 0 Å². The van der Waals surface area contributed by atoms with Crippen LogP contribution >= 0.6 is 0 Å². The molecule has 1 heterocycles. The number of nitrogens with one attached hydrogen (secondary N) is 2. The van der Waals surface area contributed by atoms with E-state index >= 15 is 0 Å². The molecular formula is C19H20N2O. The smallest absolute Gasteiger partial charge is 0.253 e. The quantitative estimate of drug-likeness (QED) is 0.764. The van der Waals surface area contributed by atoms with Crippen molar-refractivity contribution < 1.29 is 0 Å². The molecule has 0 radical (unpaired) electrons. The zero-order chi connectivity index (χ0) is 15.7. The Morgan fingerprint density at radius 3 is 2.55 bits per heavy atom. The van der Waals surface area contributed by atoms with E-state index in [1.54, 1.807) is 0 Å². The van der Waals surface area contributed by atoms with Crippen LogP contribution in [-0.2, 0) is 6.54 Å². The molecule has 0 aliphatic heterocycles. The molecule has 0 amide bonds. The summed E-state index contributed by atoms with van der Waals surface area (Å²) in [5.74, 6) is 0. The van der Waals surface area contributed by atoms with Crippen molar-refractivity contribution in [3.05, 3.63) is 75.1 Å². The molecule has 2 aromatic carbocycles. The molecule has 2 N–H and O–H groups in total. The molecule has 0 atom stereocenters. The maximum absolute atomic E-state index is 12.3. The minimum Gasteiger partial charge on any atom is -0.381 e. The number of hydrogen-bond donors (Lipinski definition) is 2. The fourth-order valence-corrected chi connectivity index (χ4v) is 2.70. The maximum Gasteiger partial charge on any atom is 0.253 e. The Morgan fingerprint density at radius 1 is 1.00 bits per heavy atom. The molecule has 0 aliphatic rings. The van der Waals surface area contributed by atoms with Crippen LogP contribution in [0.25, 0.3) is 10.9 Å². The Balaban J connectivity index is 1.96. The molecule has 0 spiro atoms. The van der Waals surface area contributed by atoms with E-state index in [0.717, 1.165) is 27.7 Å². The third kappa shape index (κ3) is 2.75. The molecule has 22 heavy (non-hydrogen) atoms. The highest BCUT2D eigenvalue weighted by Crippen LogP contribution is 2.20. The number of anilines is 1. The lowest BCUT2D eigenvalue weighted by Gasteiger charge is -2.10. The molecule has 0 saturated carbocycles. The second kappa shape index (κ2) is 5.68. The van der Waals surface area contributed by atoms with E-state index in [1.807, 2.05) is 31.2 Å². The van der Waals surface area contributed by atoms with E-state index in [4.69, 9.17) is 0 Å². The zero-order valence-electron chi connectivity index (χ0n) is 13.2. The van der Waals surface area contributed by atoms with Crippen LogP contribution in [0.4, 0.5) is 5.69 Å². The van der Waals surface area contributed by atoms with E-state index in [1.165, 1.54) is 11.1 Å². The highest BCUT2D eigenvalue weighted by Gasteiger charge is 2.07. The summed E-state index contributed by atoms with van der Waals surface area (Å²) < 4.78 is 0. The van der Waals surface area contributed by atoms with Gasteiger partial charge in [-0.3, -0.25) is 4.79 Å². The van der Waals surface area contributed by atoms with Gasteiger partial charge >= 0.3 is 0 Å². The van der Waals surface area contributed by atoms with Gasteiger partial charge in [0.1, 0.15) is 0 Å². The first-order chi connectivity index (χ1) is 10.5. The summed E-state index contributed by atoms with van der Waals surface area (Å²) in [6, 6.07) is 14.3. The Kier molecular flexibility index (Phi) is 3.72. The van der Waals surface area contributed by atoms with Crippen LogP contribution in [0.5, 0.6) is 0 Å². The summed E-state index contributed by atoms with van der Waals surface area (Å²) in [4.78, 5) is 15.3. The van der Waals surface area contributed by atoms with Gasteiger partial charge in [-0.2, -0.15) is 0 Å². The van der Waals surface area contributed by atoms with Crippen LogP contribution in [0.15, 0.2) is 47.3 Å². The predicted octanol–water partition coefficient (Wildman–Crippen LogP) is 4.07. The normalized spacial score (nSPS) is 10.9. The second-order valence-electron chi connectivity index (χ2n) is 5.83. The summed E-state index contributed by atoms with van der Waals surface area (Å²) in [5.41, 5.74) is 6.15. The molecule has 0 bridgehead atoms. The van der Waals surface area contributed by atoms with E-state index in [9.17, 15) is 4.79 Å². The van der Waals surface area contributed by atoms with Gasteiger partial charge in [0.2, 0.25) is 0 Å². The number of fused-ring (bicyclic) bond motifs is 1. The number of aromatic amines is 1. The van der Waals surface area contributed by atoms with Crippen LogP contribution in [0.2, 0.25) is 0 Å². The van der Waals surface area contributed by atoms with Crippen LogP contribution in [0.3, 0.4) is 0 Å². The molecule has 112 valence electrons. The number of hydrogen-bond acceptors (Lipinski definition) is 2. The van der Waals surface area contributed by atoms with Crippen molar-refractivity contribution >= 4 is 16.6 Å². The van der Waals surface area contributed by atoms with Gasteiger partial charge in [0.25, 0.3) is 5.56 Å². The Hall–Kier alpha value is -2.55. The highest BCUT2D eigenvalue weighted by molar-refractivity contribution is 5.85. The standard InChI is InChI=1S/C19H20N2O/c1-12-5-4-6-16(9-12)20-11-15-10-17-13(2)7-8-14(3)18(17)21-19(15)22/h4-10,20H,11H2,1-3H3,(H,21,22). The molecule has 0 fully saturated rings. The number of H-pyrrole nitrogens is 1. The molecule has 0 unspecified atom stereocenters. The van der Waals surface area contributed by atoms with E-state index in [0.29, 0.717) is 6.54 Å². The first-order valence-corrected chi connectivity index (χ1v) is 7.47. The predicted molar refractivity (Wildman–Crippen MR) is 92.5 cm³/mol. The lowest BCUT2D eigenvalue weighted by atomic mass is 10.0. The third-order valence-corrected chi connectivity index (χ3v) is 4.02. The van der Waals surface area contributed by atoms with Crippen molar-refractivity contribution in [2.75, 3.05) is 5.32 Å². The average molecular weight is 292 g/mol. The Bertz CT molecular complexity index is 894. The minimum absolute atomic E-state index is 0.0265. The van der Waals surface area contributed by atoms with Gasteiger partial charge in [0.15, 0.2) is 0 Å². The fraction of sp³-hybridized carbons (Fsp3) is 0.211. The van der Waals surface area contributed by atoms with Crippen LogP contribution in [0.1, 0.15) is 22.3 Å². The second-order valence-corrected chi connectivity index (χ2v) is 5.83. The van der Waals surface area contributed by atoms with Crippen molar-refractivity contribution in [3.8, 4) is 0 Å². The van der Waals surface area contributed by atoms with Gasteiger partial charge in [0, 0.05) is 23.2 Å². The zero-order valence-corrected chi connectivity index (χ0v) is 13.2. The fourth-order valence-electron chi connectivity index (χ4n) is 2.70. The molecule has 3 nitrogen and oxygen atoms in total. The largest absolute Gasteiger partial charge is 0.381 e. The number of rotatable bonds is 3. The molecular weight excluding hydrogens is 272 g/mol. The first kappa shape index (κ1) is 14.4. The Morgan fingerprint density at radius 2 is 1.77 bits per heavy atom. The van der Waals surface area contributed by atoms with Gasteiger partial charge in [-0.05, 0) is 55.7 Å². The summed E-state index contributed by atoms with van der Waals surface area (Å²) in [5, 5.41) is 4.43. The number of pyridine rings is 1.